The van der Waals surface area contributed by atoms with Crippen LogP contribution >= 0.6 is 0 Å². The van der Waals surface area contributed by atoms with Crippen molar-refractivity contribution < 1.29 is 19.4 Å². The van der Waals surface area contributed by atoms with Crippen molar-refractivity contribution in [2.45, 2.75) is 50.9 Å². The summed E-state index contributed by atoms with van der Waals surface area (Å²) in [5.74, 6) is 0.784. The van der Waals surface area contributed by atoms with Crippen LogP contribution in [-0.4, -0.2) is 54.0 Å². The van der Waals surface area contributed by atoms with Crippen molar-refractivity contribution >= 4 is 11.7 Å². The van der Waals surface area contributed by atoms with E-state index in [9.17, 15) is 9.90 Å². The largest absolute Gasteiger partial charge is 0.490 e. The zero-order chi connectivity index (χ0) is 16.9. The van der Waals surface area contributed by atoms with Crippen LogP contribution in [0, 0.1) is 0 Å². The summed E-state index contributed by atoms with van der Waals surface area (Å²) in [6.45, 7) is 3.05. The maximum Gasteiger partial charge on any atom is 0.322 e. The predicted octanol–water partition coefficient (Wildman–Crippen LogP) is 2.62. The second-order valence-electron chi connectivity index (χ2n) is 6.44. The first-order chi connectivity index (χ1) is 11.7. The summed E-state index contributed by atoms with van der Waals surface area (Å²) < 4.78 is 11.2. The third-order valence-corrected chi connectivity index (χ3v) is 4.71. The lowest BCUT2D eigenvalue weighted by Crippen LogP contribution is -2.48. The van der Waals surface area contributed by atoms with Gasteiger partial charge in [-0.3, -0.25) is 0 Å². The van der Waals surface area contributed by atoms with E-state index >= 15 is 0 Å². The number of rotatable bonds is 5. The highest BCUT2D eigenvalue weighted by atomic mass is 16.5. The highest BCUT2D eigenvalue weighted by Crippen LogP contribution is 2.26. The average Bonchev–Trinajstić information content (AvgIpc) is 3.21. The number of urea groups is 1. The van der Waals surface area contributed by atoms with Gasteiger partial charge in [-0.05, 0) is 44.7 Å². The highest BCUT2D eigenvalue weighted by Gasteiger charge is 2.33. The molecule has 1 aliphatic carbocycles. The van der Waals surface area contributed by atoms with E-state index in [1.807, 2.05) is 31.2 Å². The SMILES string of the molecule is CCN(C(=O)Nc1cccc(OC2CCCC2)c1)[C@@H]1COC[C@H]1O. The number of aliphatic hydroxyl groups excluding tert-OH is 1. The first kappa shape index (κ1) is 17.0. The molecule has 24 heavy (non-hydrogen) atoms. The number of nitrogens with zero attached hydrogens (tertiary/aromatic N) is 1. The summed E-state index contributed by atoms with van der Waals surface area (Å²) >= 11 is 0. The summed E-state index contributed by atoms with van der Waals surface area (Å²) in [7, 11) is 0. The van der Waals surface area contributed by atoms with Gasteiger partial charge in [-0.1, -0.05) is 6.07 Å². The maximum absolute atomic E-state index is 12.5. The van der Waals surface area contributed by atoms with Crippen molar-refractivity contribution in [2.75, 3.05) is 25.1 Å². The average molecular weight is 334 g/mol. The number of aliphatic hydroxyl groups is 1. The molecule has 1 heterocycles. The molecule has 1 aliphatic heterocycles. The molecule has 6 nitrogen and oxygen atoms in total. The number of anilines is 1. The number of carbonyl (C=O) groups is 1. The van der Waals surface area contributed by atoms with Gasteiger partial charge in [-0.2, -0.15) is 0 Å². The molecule has 1 saturated heterocycles. The molecule has 1 aromatic carbocycles. The number of ether oxygens (including phenoxy) is 2. The van der Waals surface area contributed by atoms with E-state index in [2.05, 4.69) is 5.32 Å². The fourth-order valence-corrected chi connectivity index (χ4v) is 3.40. The number of likely N-dealkylation sites (N-methyl/N-ethyl adjacent to an activating group) is 1. The van der Waals surface area contributed by atoms with Crippen LogP contribution in [0.5, 0.6) is 5.75 Å². The molecule has 2 fully saturated rings. The van der Waals surface area contributed by atoms with Gasteiger partial charge >= 0.3 is 6.03 Å². The fraction of sp³-hybridized carbons (Fsp3) is 0.611. The second kappa shape index (κ2) is 7.85. The highest BCUT2D eigenvalue weighted by molar-refractivity contribution is 5.89. The van der Waals surface area contributed by atoms with Crippen molar-refractivity contribution in [2.24, 2.45) is 0 Å². The smallest absolute Gasteiger partial charge is 0.322 e. The second-order valence-corrected chi connectivity index (χ2v) is 6.44. The Morgan fingerprint density at radius 3 is 2.83 bits per heavy atom. The Morgan fingerprint density at radius 1 is 1.38 bits per heavy atom. The number of nitrogens with one attached hydrogen (secondary N) is 1. The molecule has 132 valence electrons. The van der Waals surface area contributed by atoms with E-state index in [-0.39, 0.29) is 24.8 Å². The molecule has 0 bridgehead atoms. The van der Waals surface area contributed by atoms with Crippen LogP contribution < -0.4 is 10.1 Å². The summed E-state index contributed by atoms with van der Waals surface area (Å²) in [5, 5.41) is 12.8. The number of hydrogen-bond donors (Lipinski definition) is 2. The minimum atomic E-state index is -0.632. The Balaban J connectivity index is 1.62. The van der Waals surface area contributed by atoms with Crippen LogP contribution in [-0.2, 0) is 4.74 Å². The van der Waals surface area contributed by atoms with Gasteiger partial charge in [0, 0.05) is 18.3 Å². The van der Waals surface area contributed by atoms with Gasteiger partial charge in [0.05, 0.1) is 31.5 Å². The van der Waals surface area contributed by atoms with E-state index in [0.717, 1.165) is 18.6 Å². The van der Waals surface area contributed by atoms with E-state index in [1.165, 1.54) is 12.8 Å². The van der Waals surface area contributed by atoms with Crippen molar-refractivity contribution in [3.63, 3.8) is 0 Å². The minimum Gasteiger partial charge on any atom is -0.490 e. The van der Waals surface area contributed by atoms with Crippen LogP contribution in [0.3, 0.4) is 0 Å². The van der Waals surface area contributed by atoms with Crippen molar-refractivity contribution in [1.82, 2.24) is 4.90 Å². The first-order valence-corrected chi connectivity index (χ1v) is 8.77. The van der Waals surface area contributed by atoms with Gasteiger partial charge in [0.1, 0.15) is 5.75 Å². The van der Waals surface area contributed by atoms with Crippen molar-refractivity contribution in [1.29, 1.82) is 0 Å². The van der Waals surface area contributed by atoms with Crippen LogP contribution in [0.4, 0.5) is 10.5 Å². The Hall–Kier alpha value is -1.79. The zero-order valence-electron chi connectivity index (χ0n) is 14.1. The third-order valence-electron chi connectivity index (χ3n) is 4.71. The summed E-state index contributed by atoms with van der Waals surface area (Å²) in [5.41, 5.74) is 0.697. The molecule has 2 aliphatic rings. The molecule has 2 amide bonds. The molecule has 2 atom stereocenters. The molecule has 1 aromatic rings. The van der Waals surface area contributed by atoms with Gasteiger partial charge in [-0.15, -0.1) is 0 Å². The zero-order valence-corrected chi connectivity index (χ0v) is 14.1. The van der Waals surface area contributed by atoms with E-state index in [0.29, 0.717) is 18.8 Å². The molecular formula is C18H26N2O4. The number of benzene rings is 1. The Kier molecular flexibility index (Phi) is 5.58. The Bertz CT molecular complexity index is 560. The van der Waals surface area contributed by atoms with Gasteiger partial charge in [0.25, 0.3) is 0 Å². The van der Waals surface area contributed by atoms with E-state index < -0.39 is 6.10 Å². The first-order valence-electron chi connectivity index (χ1n) is 8.77. The summed E-state index contributed by atoms with van der Waals surface area (Å²) in [4.78, 5) is 14.2. The number of amides is 2. The quantitative estimate of drug-likeness (QED) is 0.868. The lowest BCUT2D eigenvalue weighted by molar-refractivity contribution is 0.1000. The van der Waals surface area contributed by atoms with Gasteiger partial charge in [0.2, 0.25) is 0 Å². The normalized spacial score (nSPS) is 24.1. The van der Waals surface area contributed by atoms with E-state index in [4.69, 9.17) is 9.47 Å². The van der Waals surface area contributed by atoms with Crippen molar-refractivity contribution in [3.05, 3.63) is 24.3 Å². The van der Waals surface area contributed by atoms with Crippen LogP contribution in [0.1, 0.15) is 32.6 Å². The predicted molar refractivity (Wildman–Crippen MR) is 91.3 cm³/mol. The standard InChI is InChI=1S/C18H26N2O4/c1-2-20(16-11-23-12-17(16)21)18(22)19-13-6-5-9-15(10-13)24-14-7-3-4-8-14/h5-6,9-10,14,16-17,21H,2-4,7-8,11-12H2,1H3,(H,19,22)/t16-,17-/m1/s1. The van der Waals surface area contributed by atoms with Crippen molar-refractivity contribution in [3.8, 4) is 5.75 Å². The number of carbonyl (C=O) groups excluding carboxylic acids is 1. The van der Waals surface area contributed by atoms with Crippen LogP contribution in [0.25, 0.3) is 0 Å². The summed E-state index contributed by atoms with van der Waals surface area (Å²) in [6, 6.07) is 6.96. The molecule has 6 heteroatoms. The van der Waals surface area contributed by atoms with Gasteiger partial charge < -0.3 is 24.8 Å². The fourth-order valence-electron chi connectivity index (χ4n) is 3.40. The molecule has 2 N–H and O–H groups in total. The topological polar surface area (TPSA) is 71.0 Å². The molecule has 3 rings (SSSR count). The lowest BCUT2D eigenvalue weighted by Gasteiger charge is -2.28. The molecule has 0 spiro atoms. The maximum atomic E-state index is 12.5. The Morgan fingerprint density at radius 2 is 2.17 bits per heavy atom. The molecule has 0 aromatic heterocycles. The molecule has 0 radical (unpaired) electrons. The lowest BCUT2D eigenvalue weighted by atomic mass is 10.2. The van der Waals surface area contributed by atoms with Gasteiger partial charge in [-0.25, -0.2) is 4.79 Å². The monoisotopic (exact) mass is 334 g/mol. The Labute approximate surface area is 142 Å². The van der Waals surface area contributed by atoms with Crippen LogP contribution in [0.2, 0.25) is 0 Å². The minimum absolute atomic E-state index is 0.231. The van der Waals surface area contributed by atoms with Crippen LogP contribution in [0.15, 0.2) is 24.3 Å². The van der Waals surface area contributed by atoms with E-state index in [1.54, 1.807) is 4.90 Å². The van der Waals surface area contributed by atoms with Gasteiger partial charge in [0.15, 0.2) is 0 Å². The molecule has 0 unspecified atom stereocenters. The number of hydrogen-bond acceptors (Lipinski definition) is 4. The molecule has 1 saturated carbocycles. The molecular weight excluding hydrogens is 308 g/mol. The third kappa shape index (κ3) is 3.99. The summed E-state index contributed by atoms with van der Waals surface area (Å²) in [6.07, 6.45) is 4.29.